The van der Waals surface area contributed by atoms with Crippen LogP contribution < -0.4 is 0 Å². The summed E-state index contributed by atoms with van der Waals surface area (Å²) in [6.07, 6.45) is 12.4. The second kappa shape index (κ2) is 9.82. The van der Waals surface area contributed by atoms with Crippen LogP contribution in [0.15, 0.2) is 24.3 Å². The number of rotatable bonds is 9. The Morgan fingerprint density at radius 1 is 1.09 bits per heavy atom. The maximum absolute atomic E-state index is 14.1. The fourth-order valence-electron chi connectivity index (χ4n) is 6.33. The van der Waals surface area contributed by atoms with Crippen molar-refractivity contribution in [2.45, 2.75) is 82.6 Å². The van der Waals surface area contributed by atoms with E-state index in [4.69, 9.17) is 14.6 Å². The van der Waals surface area contributed by atoms with Gasteiger partial charge in [-0.2, -0.15) is 0 Å². The lowest BCUT2D eigenvalue weighted by molar-refractivity contribution is -0.158. The molecule has 0 radical (unpaired) electrons. The van der Waals surface area contributed by atoms with E-state index in [2.05, 4.69) is 6.92 Å². The Morgan fingerprint density at radius 2 is 1.85 bits per heavy atom. The number of carbonyl (C=O) groups is 3. The standard InChI is InChI=1S/C26H38N2O6/c1-4-11-18(2)27-15-9-13-26-19(20-24(32)33-17-10-12-25(20,3)34-26)22(30)28(21(26)23(27)31)14-7-5-6-8-16-29/h9-10,12-13,18-21,29H,4-8,11,14-17H2,1-3H3/t18?,19-,20-,21?,25+,26-/m0/s1. The third kappa shape index (κ3) is 3.98. The molecule has 4 aliphatic rings. The number of ether oxygens (including phenoxy) is 2. The quantitative estimate of drug-likeness (QED) is 0.313. The van der Waals surface area contributed by atoms with Crippen LogP contribution in [0.25, 0.3) is 0 Å². The molecular formula is C26H38N2O6. The van der Waals surface area contributed by atoms with Crippen molar-refractivity contribution in [3.63, 3.8) is 0 Å². The van der Waals surface area contributed by atoms with Crippen LogP contribution >= 0.6 is 0 Å². The monoisotopic (exact) mass is 474 g/mol. The van der Waals surface area contributed by atoms with E-state index in [9.17, 15) is 14.4 Å². The molecule has 2 saturated heterocycles. The molecule has 0 saturated carbocycles. The van der Waals surface area contributed by atoms with Crippen molar-refractivity contribution in [1.29, 1.82) is 0 Å². The molecule has 2 fully saturated rings. The van der Waals surface area contributed by atoms with Crippen molar-refractivity contribution in [2.75, 3.05) is 26.3 Å². The molecule has 1 N–H and O–H groups in total. The maximum Gasteiger partial charge on any atom is 0.313 e. The summed E-state index contributed by atoms with van der Waals surface area (Å²) in [4.78, 5) is 44.6. The molecule has 4 heterocycles. The summed E-state index contributed by atoms with van der Waals surface area (Å²) >= 11 is 0. The van der Waals surface area contributed by atoms with Crippen molar-refractivity contribution >= 4 is 17.8 Å². The normalized spacial score (nSPS) is 35.5. The predicted octanol–water partition coefficient (Wildman–Crippen LogP) is 2.21. The number of nitrogens with zero attached hydrogens (tertiary/aromatic N) is 2. The van der Waals surface area contributed by atoms with Gasteiger partial charge in [0, 0.05) is 25.7 Å². The average Bonchev–Trinajstić information content (AvgIpc) is 3.04. The molecule has 188 valence electrons. The van der Waals surface area contributed by atoms with Crippen LogP contribution in [0.3, 0.4) is 0 Å². The first-order chi connectivity index (χ1) is 16.3. The van der Waals surface area contributed by atoms with E-state index in [1.165, 1.54) is 0 Å². The zero-order chi connectivity index (χ0) is 24.5. The molecule has 4 aliphatic heterocycles. The van der Waals surface area contributed by atoms with Crippen LogP contribution in [0.5, 0.6) is 0 Å². The molecule has 4 rings (SSSR count). The van der Waals surface area contributed by atoms with E-state index in [1.807, 2.05) is 37.0 Å². The maximum atomic E-state index is 14.1. The van der Waals surface area contributed by atoms with E-state index in [-0.39, 0.29) is 31.1 Å². The lowest BCUT2D eigenvalue weighted by Crippen LogP contribution is -2.57. The van der Waals surface area contributed by atoms with Crippen LogP contribution in [-0.4, -0.2) is 82.3 Å². The first kappa shape index (κ1) is 24.9. The van der Waals surface area contributed by atoms with E-state index in [1.54, 1.807) is 11.0 Å². The molecule has 8 nitrogen and oxygen atoms in total. The van der Waals surface area contributed by atoms with Gasteiger partial charge >= 0.3 is 5.97 Å². The Kier molecular flexibility index (Phi) is 7.20. The Labute approximate surface area is 201 Å². The zero-order valence-corrected chi connectivity index (χ0v) is 20.6. The topological polar surface area (TPSA) is 96.4 Å². The predicted molar refractivity (Wildman–Crippen MR) is 126 cm³/mol. The fraction of sp³-hybridized carbons (Fsp3) is 0.731. The molecule has 0 aromatic carbocycles. The van der Waals surface area contributed by atoms with Crippen LogP contribution in [0.2, 0.25) is 0 Å². The van der Waals surface area contributed by atoms with Gasteiger partial charge in [-0.1, -0.05) is 44.4 Å². The average molecular weight is 475 g/mol. The fourth-order valence-corrected chi connectivity index (χ4v) is 6.33. The summed E-state index contributed by atoms with van der Waals surface area (Å²) in [6.45, 7) is 7.12. The van der Waals surface area contributed by atoms with Gasteiger partial charge in [0.2, 0.25) is 11.8 Å². The van der Waals surface area contributed by atoms with Gasteiger partial charge in [-0.15, -0.1) is 0 Å². The largest absolute Gasteiger partial charge is 0.461 e. The highest BCUT2D eigenvalue weighted by atomic mass is 16.6. The highest BCUT2D eigenvalue weighted by Crippen LogP contribution is 2.57. The molecule has 0 aliphatic carbocycles. The molecule has 0 aromatic rings. The van der Waals surface area contributed by atoms with Gasteiger partial charge in [0.05, 0.1) is 11.5 Å². The summed E-state index contributed by atoms with van der Waals surface area (Å²) in [6, 6.07) is -0.781. The number of hydrogen-bond donors (Lipinski definition) is 1. The molecule has 6 atom stereocenters. The van der Waals surface area contributed by atoms with Crippen LogP contribution in [-0.2, 0) is 23.9 Å². The Hall–Kier alpha value is -2.19. The molecule has 1 spiro atoms. The molecule has 8 heteroatoms. The van der Waals surface area contributed by atoms with E-state index < -0.39 is 35.0 Å². The molecule has 2 amide bonds. The number of fused-ring (bicyclic) bond motifs is 2. The molecule has 2 unspecified atom stereocenters. The summed E-state index contributed by atoms with van der Waals surface area (Å²) in [5.74, 6) is -2.40. The number of likely N-dealkylation sites (tertiary alicyclic amines) is 1. The first-order valence-corrected chi connectivity index (χ1v) is 12.7. The van der Waals surface area contributed by atoms with Gasteiger partial charge < -0.3 is 24.4 Å². The lowest BCUT2D eigenvalue weighted by Gasteiger charge is -2.38. The van der Waals surface area contributed by atoms with Crippen molar-refractivity contribution in [1.82, 2.24) is 9.80 Å². The minimum absolute atomic E-state index is 0.0326. The molecular weight excluding hydrogens is 436 g/mol. The van der Waals surface area contributed by atoms with E-state index in [0.717, 1.165) is 38.5 Å². The second-order valence-corrected chi connectivity index (χ2v) is 10.2. The van der Waals surface area contributed by atoms with E-state index >= 15 is 0 Å². The smallest absolute Gasteiger partial charge is 0.313 e. The number of amides is 2. The van der Waals surface area contributed by atoms with Gasteiger partial charge in [0.1, 0.15) is 24.2 Å². The van der Waals surface area contributed by atoms with Gasteiger partial charge in [0.15, 0.2) is 0 Å². The summed E-state index contributed by atoms with van der Waals surface area (Å²) in [5.41, 5.74) is -2.23. The van der Waals surface area contributed by atoms with Gasteiger partial charge in [0.25, 0.3) is 0 Å². The van der Waals surface area contributed by atoms with Gasteiger partial charge in [-0.25, -0.2) is 0 Å². The number of aliphatic hydroxyl groups excluding tert-OH is 1. The van der Waals surface area contributed by atoms with E-state index in [0.29, 0.717) is 13.1 Å². The number of hydrogen-bond acceptors (Lipinski definition) is 6. The molecule has 0 bridgehead atoms. The lowest BCUT2D eigenvalue weighted by atomic mass is 9.74. The minimum Gasteiger partial charge on any atom is -0.461 e. The molecule has 0 aromatic heterocycles. The summed E-state index contributed by atoms with van der Waals surface area (Å²) < 4.78 is 12.1. The number of aliphatic hydroxyl groups is 1. The summed E-state index contributed by atoms with van der Waals surface area (Å²) in [5, 5.41) is 9.07. The number of cyclic esters (lactones) is 1. The third-order valence-corrected chi connectivity index (χ3v) is 7.89. The highest BCUT2D eigenvalue weighted by Gasteiger charge is 2.74. The summed E-state index contributed by atoms with van der Waals surface area (Å²) in [7, 11) is 0. The first-order valence-electron chi connectivity index (χ1n) is 12.7. The van der Waals surface area contributed by atoms with Crippen LogP contribution in [0.1, 0.15) is 59.3 Å². The Bertz CT molecular complexity index is 871. The Morgan fingerprint density at radius 3 is 2.59 bits per heavy atom. The second-order valence-electron chi connectivity index (χ2n) is 10.2. The zero-order valence-electron chi connectivity index (χ0n) is 20.6. The molecule has 34 heavy (non-hydrogen) atoms. The third-order valence-electron chi connectivity index (χ3n) is 7.89. The van der Waals surface area contributed by atoms with Crippen molar-refractivity contribution in [2.24, 2.45) is 11.8 Å². The number of esters is 1. The van der Waals surface area contributed by atoms with Crippen LogP contribution in [0, 0.1) is 11.8 Å². The van der Waals surface area contributed by atoms with Crippen molar-refractivity contribution < 1.29 is 29.0 Å². The minimum atomic E-state index is -1.21. The van der Waals surface area contributed by atoms with Crippen molar-refractivity contribution in [3.05, 3.63) is 24.3 Å². The SMILES string of the molecule is CCCC(C)N1CC=C[C@]23O[C@]4(C)C=CCOC(=O)[C@@H]4[C@H]2C(=O)N(CCCCCCO)C3C1=O. The number of carbonyl (C=O) groups excluding carboxylic acids is 3. The Balaban J connectivity index is 1.73. The van der Waals surface area contributed by atoms with Crippen molar-refractivity contribution in [3.8, 4) is 0 Å². The highest BCUT2D eigenvalue weighted by molar-refractivity contribution is 5.99. The van der Waals surface area contributed by atoms with Gasteiger partial charge in [-0.3, -0.25) is 14.4 Å². The number of unbranched alkanes of at least 4 members (excludes halogenated alkanes) is 3. The van der Waals surface area contributed by atoms with Gasteiger partial charge in [-0.05, 0) is 39.2 Å². The van der Waals surface area contributed by atoms with Crippen LogP contribution in [0.4, 0.5) is 0 Å².